The molecule has 2 amide bonds. The summed E-state index contributed by atoms with van der Waals surface area (Å²) in [6.07, 6.45) is 2.76. The number of urea groups is 1. The third kappa shape index (κ3) is 4.33. The number of hydrogen-bond acceptors (Lipinski definition) is 4. The number of carbonyl (C=O) groups excluding carboxylic acids is 1. The van der Waals surface area contributed by atoms with Gasteiger partial charge in [0.25, 0.3) is 0 Å². The lowest BCUT2D eigenvalue weighted by molar-refractivity contribution is -0.139. The molecule has 0 saturated carbocycles. The summed E-state index contributed by atoms with van der Waals surface area (Å²) >= 11 is 1.44. The van der Waals surface area contributed by atoms with Crippen molar-refractivity contribution in [3.05, 3.63) is 16.6 Å². The molecule has 0 aliphatic carbocycles. The molecule has 1 aromatic rings. The molecule has 0 aliphatic heterocycles. The van der Waals surface area contributed by atoms with E-state index in [4.69, 9.17) is 5.11 Å². The summed E-state index contributed by atoms with van der Waals surface area (Å²) in [6.45, 7) is 3.67. The highest BCUT2D eigenvalue weighted by Gasteiger charge is 2.20. The first-order chi connectivity index (χ1) is 8.54. The van der Waals surface area contributed by atoms with Crippen molar-refractivity contribution >= 4 is 23.3 Å². The fourth-order valence-corrected chi connectivity index (χ4v) is 2.10. The Kier molecular flexibility index (Phi) is 5.57. The van der Waals surface area contributed by atoms with Gasteiger partial charge in [-0.1, -0.05) is 13.3 Å². The van der Waals surface area contributed by atoms with Crippen LogP contribution in [-0.2, 0) is 4.79 Å². The van der Waals surface area contributed by atoms with Crippen LogP contribution < -0.4 is 10.6 Å². The fourth-order valence-electron chi connectivity index (χ4n) is 1.45. The third-order valence-corrected chi connectivity index (χ3v) is 3.31. The van der Waals surface area contributed by atoms with Gasteiger partial charge in [-0.15, -0.1) is 11.3 Å². The van der Waals surface area contributed by atoms with Crippen LogP contribution in [0.3, 0.4) is 0 Å². The quantitative estimate of drug-likeness (QED) is 0.735. The molecule has 1 heterocycles. The highest BCUT2D eigenvalue weighted by molar-refractivity contribution is 7.09. The summed E-state index contributed by atoms with van der Waals surface area (Å²) in [4.78, 5) is 26.6. The monoisotopic (exact) mass is 271 g/mol. The van der Waals surface area contributed by atoms with Gasteiger partial charge in [0.15, 0.2) is 0 Å². The molecule has 0 spiro atoms. The van der Waals surface area contributed by atoms with Crippen molar-refractivity contribution in [3.8, 4) is 0 Å². The average Bonchev–Trinajstić information content (AvgIpc) is 2.81. The number of aliphatic carboxylic acids is 1. The number of rotatable bonds is 6. The number of carboxylic acids is 1. The van der Waals surface area contributed by atoms with Crippen molar-refractivity contribution in [2.24, 2.45) is 0 Å². The second-order valence-corrected chi connectivity index (χ2v) is 4.82. The van der Waals surface area contributed by atoms with E-state index < -0.39 is 18.0 Å². The van der Waals surface area contributed by atoms with E-state index in [1.165, 1.54) is 11.3 Å². The molecule has 0 aliphatic rings. The molecule has 100 valence electrons. The summed E-state index contributed by atoms with van der Waals surface area (Å²) in [7, 11) is 0. The largest absolute Gasteiger partial charge is 0.480 e. The van der Waals surface area contributed by atoms with Crippen LogP contribution in [0.5, 0.6) is 0 Å². The van der Waals surface area contributed by atoms with Crippen LogP contribution in [0.1, 0.15) is 37.7 Å². The van der Waals surface area contributed by atoms with Crippen LogP contribution >= 0.6 is 11.3 Å². The van der Waals surface area contributed by atoms with Gasteiger partial charge in [-0.2, -0.15) is 0 Å². The number of nitrogens with zero attached hydrogens (tertiary/aromatic N) is 1. The Hall–Kier alpha value is -1.63. The molecule has 0 fully saturated rings. The molecule has 1 rings (SSSR count). The lowest BCUT2D eigenvalue weighted by Gasteiger charge is -2.16. The van der Waals surface area contributed by atoms with E-state index in [0.717, 1.165) is 5.01 Å². The van der Waals surface area contributed by atoms with Crippen LogP contribution in [0.4, 0.5) is 4.79 Å². The Balaban J connectivity index is 2.47. The lowest BCUT2D eigenvalue weighted by atomic mass is 10.2. The molecule has 6 nitrogen and oxygen atoms in total. The number of thiazole rings is 1. The SMILES string of the molecule is CCCC(NC(=O)NC(C)c1nccs1)C(=O)O. The van der Waals surface area contributed by atoms with Gasteiger partial charge < -0.3 is 15.7 Å². The first kappa shape index (κ1) is 14.4. The Morgan fingerprint density at radius 2 is 2.22 bits per heavy atom. The van der Waals surface area contributed by atoms with Gasteiger partial charge in [0.05, 0.1) is 6.04 Å². The van der Waals surface area contributed by atoms with Crippen LogP contribution in [0.25, 0.3) is 0 Å². The number of carbonyl (C=O) groups is 2. The summed E-state index contributed by atoms with van der Waals surface area (Å²) in [5, 5.41) is 16.6. The zero-order valence-electron chi connectivity index (χ0n) is 10.3. The average molecular weight is 271 g/mol. The van der Waals surface area contributed by atoms with E-state index in [-0.39, 0.29) is 6.04 Å². The van der Waals surface area contributed by atoms with Crippen LogP contribution in [-0.4, -0.2) is 28.1 Å². The molecule has 7 heteroatoms. The van der Waals surface area contributed by atoms with Crippen LogP contribution in [0, 0.1) is 0 Å². The Labute approximate surface area is 109 Å². The second-order valence-electron chi connectivity index (χ2n) is 3.89. The van der Waals surface area contributed by atoms with E-state index in [9.17, 15) is 9.59 Å². The molecule has 0 saturated heterocycles. The predicted octanol–water partition coefficient (Wildman–Crippen LogP) is 1.76. The maximum atomic E-state index is 11.6. The van der Waals surface area contributed by atoms with Gasteiger partial charge in [0.2, 0.25) is 0 Å². The van der Waals surface area contributed by atoms with Crippen molar-refractivity contribution in [3.63, 3.8) is 0 Å². The molecule has 0 bridgehead atoms. The predicted molar refractivity (Wildman–Crippen MR) is 68.5 cm³/mol. The smallest absolute Gasteiger partial charge is 0.326 e. The van der Waals surface area contributed by atoms with Crippen molar-refractivity contribution in [1.29, 1.82) is 0 Å². The molecule has 3 N–H and O–H groups in total. The number of aromatic nitrogens is 1. The normalized spacial score (nSPS) is 13.7. The van der Waals surface area contributed by atoms with Crippen molar-refractivity contribution in [2.75, 3.05) is 0 Å². The first-order valence-electron chi connectivity index (χ1n) is 5.73. The van der Waals surface area contributed by atoms with Gasteiger partial charge in [-0.05, 0) is 13.3 Å². The van der Waals surface area contributed by atoms with Crippen LogP contribution in [0.15, 0.2) is 11.6 Å². The Morgan fingerprint density at radius 1 is 1.50 bits per heavy atom. The van der Waals surface area contributed by atoms with E-state index in [0.29, 0.717) is 12.8 Å². The number of hydrogen-bond donors (Lipinski definition) is 3. The maximum Gasteiger partial charge on any atom is 0.326 e. The summed E-state index contributed by atoms with van der Waals surface area (Å²) in [5.74, 6) is -1.02. The fraction of sp³-hybridized carbons (Fsp3) is 0.545. The van der Waals surface area contributed by atoms with Gasteiger partial charge in [-0.3, -0.25) is 0 Å². The van der Waals surface area contributed by atoms with E-state index in [1.54, 1.807) is 13.1 Å². The molecular formula is C11H17N3O3S. The second kappa shape index (κ2) is 6.95. The Morgan fingerprint density at radius 3 is 2.72 bits per heavy atom. The molecule has 0 radical (unpaired) electrons. The van der Waals surface area contributed by atoms with Gasteiger partial charge in [0.1, 0.15) is 11.0 Å². The highest BCUT2D eigenvalue weighted by atomic mass is 32.1. The molecule has 2 unspecified atom stereocenters. The van der Waals surface area contributed by atoms with Gasteiger partial charge in [0, 0.05) is 11.6 Å². The van der Waals surface area contributed by atoms with Gasteiger partial charge in [-0.25, -0.2) is 14.6 Å². The molecule has 0 aromatic carbocycles. The van der Waals surface area contributed by atoms with Crippen molar-refractivity contribution < 1.29 is 14.7 Å². The van der Waals surface area contributed by atoms with Gasteiger partial charge >= 0.3 is 12.0 Å². The maximum absolute atomic E-state index is 11.6. The van der Waals surface area contributed by atoms with Crippen LogP contribution in [0.2, 0.25) is 0 Å². The topological polar surface area (TPSA) is 91.3 Å². The van der Waals surface area contributed by atoms with E-state index in [1.807, 2.05) is 12.3 Å². The zero-order valence-corrected chi connectivity index (χ0v) is 11.2. The minimum atomic E-state index is -1.02. The standard InChI is InChI=1S/C11H17N3O3S/c1-3-4-8(10(15)16)14-11(17)13-7(2)9-12-5-6-18-9/h5-8H,3-4H2,1-2H3,(H,15,16)(H2,13,14,17). The minimum Gasteiger partial charge on any atom is -0.480 e. The zero-order chi connectivity index (χ0) is 13.5. The molecule has 2 atom stereocenters. The van der Waals surface area contributed by atoms with E-state index in [2.05, 4.69) is 15.6 Å². The minimum absolute atomic E-state index is 0.235. The van der Waals surface area contributed by atoms with E-state index >= 15 is 0 Å². The summed E-state index contributed by atoms with van der Waals surface area (Å²) in [6, 6.07) is -1.57. The van der Waals surface area contributed by atoms with Crippen molar-refractivity contribution in [2.45, 2.75) is 38.8 Å². The highest BCUT2D eigenvalue weighted by Crippen LogP contribution is 2.14. The Bertz CT molecular complexity index is 394. The third-order valence-electron chi connectivity index (χ3n) is 2.35. The first-order valence-corrected chi connectivity index (χ1v) is 6.61. The molecular weight excluding hydrogens is 254 g/mol. The van der Waals surface area contributed by atoms with Crippen molar-refractivity contribution in [1.82, 2.24) is 15.6 Å². The number of nitrogens with one attached hydrogen (secondary N) is 2. The summed E-state index contributed by atoms with van der Waals surface area (Å²) in [5.41, 5.74) is 0. The number of carboxylic acid groups (broad SMARTS) is 1. The molecule has 18 heavy (non-hydrogen) atoms. The molecule has 1 aromatic heterocycles. The number of amides is 2. The lowest BCUT2D eigenvalue weighted by Crippen LogP contribution is -2.46. The summed E-state index contributed by atoms with van der Waals surface area (Å²) < 4.78 is 0.